The van der Waals surface area contributed by atoms with Gasteiger partial charge in [0.25, 0.3) is 0 Å². The van der Waals surface area contributed by atoms with Gasteiger partial charge in [-0.25, -0.2) is 0 Å². The summed E-state index contributed by atoms with van der Waals surface area (Å²) in [7, 11) is 19.4. The van der Waals surface area contributed by atoms with E-state index in [-0.39, 0.29) is 23.5 Å². The fourth-order valence-electron chi connectivity index (χ4n) is 9.06. The van der Waals surface area contributed by atoms with Gasteiger partial charge >= 0.3 is 326 Å². The molecule has 275 valence electrons. The van der Waals surface area contributed by atoms with Crippen molar-refractivity contribution in [2.24, 2.45) is 0 Å². The van der Waals surface area contributed by atoms with Gasteiger partial charge in [-0.15, -0.1) is 0 Å². The molecule has 2 aliphatic rings. The van der Waals surface area contributed by atoms with Gasteiger partial charge in [0.1, 0.15) is 0 Å². The average Bonchev–Trinajstić information content (AvgIpc) is 3.58. The monoisotopic (exact) mass is 827 g/mol. The van der Waals surface area contributed by atoms with Crippen molar-refractivity contribution < 1.29 is 20.3 Å². The summed E-state index contributed by atoms with van der Waals surface area (Å²) in [6.45, 7) is 30.1. The zero-order chi connectivity index (χ0) is 38.4. The Kier molecular flexibility index (Phi) is 10.1. The molecule has 6 rings (SSSR count). The topological polar surface area (TPSA) is 9.23 Å². The quantitative estimate of drug-likeness (QED) is 0.176. The molecule has 2 atom stereocenters. The molecule has 0 fully saturated rings. The second-order valence-electron chi connectivity index (χ2n) is 19.1. The van der Waals surface area contributed by atoms with Gasteiger partial charge < -0.3 is 0 Å². The van der Waals surface area contributed by atoms with Crippen LogP contribution in [0.15, 0.2) is 83.9 Å². The van der Waals surface area contributed by atoms with Crippen molar-refractivity contribution in [2.75, 3.05) is 7.11 Å². The number of allylic oxidation sites excluding steroid dienone is 2. The Balaban J connectivity index is 1.65. The van der Waals surface area contributed by atoms with Gasteiger partial charge in [-0.1, -0.05) is 0 Å². The Hall–Kier alpha value is -2.16. The molecular weight excluding hydrogens is 771 g/mol. The van der Waals surface area contributed by atoms with Crippen LogP contribution in [0.2, 0.25) is 13.1 Å². The van der Waals surface area contributed by atoms with Gasteiger partial charge in [0.2, 0.25) is 0 Å². The summed E-state index contributed by atoms with van der Waals surface area (Å²) in [4.78, 5) is 0. The van der Waals surface area contributed by atoms with Crippen molar-refractivity contribution in [3.63, 3.8) is 0 Å². The van der Waals surface area contributed by atoms with Gasteiger partial charge in [0, 0.05) is 0 Å². The number of rotatable bonds is 6. The number of ether oxygens (including phenoxy) is 1. The molecule has 52 heavy (non-hydrogen) atoms. The van der Waals surface area contributed by atoms with E-state index in [1.54, 1.807) is 0 Å². The predicted octanol–water partition coefficient (Wildman–Crippen LogP) is 14.5. The van der Waals surface area contributed by atoms with E-state index in [0.29, 0.717) is 0 Å². The SMILES string of the molecule is COc1c(C(C)(C)C)cc2c(c1-c1ccccc1)C=C(C)[CH]2[Zr]([Cl])([Cl])([CH]1C(C)=Cc2c(-c3ccc(C(C)(C)C)cc3)cc(C(C)(C)C)cc21)[SiH](C)C. The van der Waals surface area contributed by atoms with Crippen LogP contribution in [0, 0.1) is 0 Å². The van der Waals surface area contributed by atoms with E-state index in [1.165, 1.54) is 61.2 Å². The summed E-state index contributed by atoms with van der Waals surface area (Å²) >= 11 is -4.99. The Morgan fingerprint density at radius 2 is 1.13 bits per heavy atom. The van der Waals surface area contributed by atoms with E-state index < -0.39 is 21.5 Å². The molecule has 0 saturated carbocycles. The molecule has 0 amide bonds. The first-order valence-corrected chi connectivity index (χ1v) is 35.3. The van der Waals surface area contributed by atoms with Crippen LogP contribution in [0.1, 0.15) is 122 Å². The van der Waals surface area contributed by atoms with Crippen LogP contribution < -0.4 is 4.74 Å². The minimum absolute atomic E-state index is 0.00646. The Morgan fingerprint density at radius 1 is 0.615 bits per heavy atom. The van der Waals surface area contributed by atoms with Gasteiger partial charge in [-0.2, -0.15) is 0 Å². The van der Waals surface area contributed by atoms with E-state index in [4.69, 9.17) is 21.8 Å². The summed E-state index contributed by atoms with van der Waals surface area (Å²) in [6.07, 6.45) is 4.84. The first kappa shape index (κ1) is 39.5. The van der Waals surface area contributed by atoms with E-state index in [9.17, 15) is 0 Å². The van der Waals surface area contributed by atoms with Crippen LogP contribution in [-0.4, -0.2) is 13.0 Å². The van der Waals surface area contributed by atoms with Gasteiger partial charge in [0.05, 0.1) is 0 Å². The van der Waals surface area contributed by atoms with Crippen LogP contribution in [0.4, 0.5) is 0 Å². The number of fused-ring (bicyclic) bond motifs is 2. The van der Waals surface area contributed by atoms with Crippen LogP contribution in [-0.2, 0) is 31.8 Å². The van der Waals surface area contributed by atoms with Crippen molar-refractivity contribution in [1.29, 1.82) is 0 Å². The zero-order valence-corrected chi connectivity index (χ0v) is 39.1. The molecular formula is C47H59Cl2OSiZr. The maximum absolute atomic E-state index is 8.79. The van der Waals surface area contributed by atoms with Crippen LogP contribution in [0.5, 0.6) is 5.75 Å². The Labute approximate surface area is 323 Å². The second kappa shape index (κ2) is 13.3. The van der Waals surface area contributed by atoms with E-state index >= 15 is 0 Å². The second-order valence-corrected chi connectivity index (χ2v) is 61.6. The fraction of sp³-hybridized carbons (Fsp3) is 0.404. The number of methoxy groups -OCH3 is 1. The summed E-state index contributed by atoms with van der Waals surface area (Å²) in [5.41, 5.74) is 16.4. The summed E-state index contributed by atoms with van der Waals surface area (Å²) in [5, 5.41) is 0. The van der Waals surface area contributed by atoms with Crippen molar-refractivity contribution in [2.45, 2.75) is 113 Å². The van der Waals surface area contributed by atoms with E-state index in [0.717, 1.165) is 16.9 Å². The Morgan fingerprint density at radius 3 is 1.62 bits per heavy atom. The fourth-order valence-corrected chi connectivity index (χ4v) is 41.9. The number of halogens is 2. The third-order valence-corrected chi connectivity index (χ3v) is 64.3. The molecule has 2 unspecified atom stereocenters. The van der Waals surface area contributed by atoms with E-state index in [2.05, 4.69) is 174 Å². The first-order chi connectivity index (χ1) is 24.0. The van der Waals surface area contributed by atoms with Crippen LogP contribution >= 0.6 is 17.0 Å². The number of benzene rings is 4. The third-order valence-electron chi connectivity index (χ3n) is 12.0. The van der Waals surface area contributed by atoms with Gasteiger partial charge in [0.15, 0.2) is 0 Å². The normalized spacial score (nSPS) is 18.4. The van der Waals surface area contributed by atoms with Crippen LogP contribution in [0.25, 0.3) is 34.4 Å². The van der Waals surface area contributed by atoms with Crippen molar-refractivity contribution in [1.82, 2.24) is 0 Å². The standard InChI is InChI=1S/C24H29.C21H23O.C2H7Si.2ClH.Zr/c1-16-12-18-14-20(24(5,6)7)15-22(21(18)13-16)17-8-10-19(11-9-17)23(2,3)4;1-14-11-16-13-18(21(2,3)4)20(22-5)19(17(16)12-14)15-9-7-6-8-10-15;1-3-2;;;/h8-15H,1-7H3;6-13H,1-5H3;3H,1-2H3;2*1H;/q;;;;;+2/p-2. The predicted molar refractivity (Wildman–Crippen MR) is 230 cm³/mol. The number of hydrogen-bond acceptors (Lipinski definition) is 1. The summed E-state index contributed by atoms with van der Waals surface area (Å²) < 4.78 is 6.33. The molecule has 0 aliphatic heterocycles. The number of hydrogen-bond donors (Lipinski definition) is 0. The summed E-state index contributed by atoms with van der Waals surface area (Å²) in [6, 6.07) is 27.3. The summed E-state index contributed by atoms with van der Waals surface area (Å²) in [5.74, 6) is -0.782. The molecule has 0 radical (unpaired) electrons. The molecule has 5 heteroatoms. The van der Waals surface area contributed by atoms with Crippen molar-refractivity contribution in [3.8, 4) is 28.0 Å². The average molecular weight is 830 g/mol. The maximum atomic E-state index is 8.79. The molecule has 0 saturated heterocycles. The minimum atomic E-state index is -4.99. The first-order valence-electron chi connectivity index (χ1n) is 19.0. The molecule has 0 heterocycles. The molecule has 4 aromatic rings. The molecule has 2 aliphatic carbocycles. The third kappa shape index (κ3) is 6.42. The van der Waals surface area contributed by atoms with Gasteiger partial charge in [-0.3, -0.25) is 0 Å². The van der Waals surface area contributed by atoms with Crippen molar-refractivity contribution in [3.05, 3.63) is 123 Å². The molecule has 0 spiro atoms. The van der Waals surface area contributed by atoms with Crippen LogP contribution in [0.3, 0.4) is 0 Å². The van der Waals surface area contributed by atoms with E-state index in [1.807, 2.05) is 7.11 Å². The Bertz CT molecular complexity index is 2100. The van der Waals surface area contributed by atoms with Gasteiger partial charge in [-0.05, 0) is 0 Å². The molecule has 4 aromatic carbocycles. The molecule has 1 nitrogen and oxygen atoms in total. The molecule has 0 aromatic heterocycles. The van der Waals surface area contributed by atoms with Crippen molar-refractivity contribution >= 4 is 35.1 Å². The zero-order valence-electron chi connectivity index (χ0n) is 34.0. The molecule has 0 N–H and O–H groups in total. The molecule has 0 bridgehead atoms.